The van der Waals surface area contributed by atoms with Gasteiger partial charge < -0.3 is 15.0 Å². The third-order valence-electron chi connectivity index (χ3n) is 5.17. The number of para-hydroxylation sites is 1. The standard InChI is InChI=1S/C20H19N5O/c26-18-11-25(20-16-7-8-21-19(16)22-12-23-20)10-14(18)9-15-6-5-13-3-1-2-4-17(13)24-15/h1-8,12,14,18,26H,9-11H2,(H,21,22,23)/t14-,18-/m1/s1. The number of nitrogens with zero attached hydrogens (tertiary/aromatic N) is 4. The Kier molecular flexibility index (Phi) is 3.57. The molecule has 2 N–H and O–H groups in total. The number of hydrogen-bond acceptors (Lipinski definition) is 5. The second-order valence-corrected chi connectivity index (χ2v) is 6.87. The van der Waals surface area contributed by atoms with Gasteiger partial charge in [0.1, 0.15) is 17.8 Å². The molecule has 1 aliphatic heterocycles. The quantitative estimate of drug-likeness (QED) is 0.597. The summed E-state index contributed by atoms with van der Waals surface area (Å²) in [5.74, 6) is 1.01. The summed E-state index contributed by atoms with van der Waals surface area (Å²) in [4.78, 5) is 18.7. The van der Waals surface area contributed by atoms with Gasteiger partial charge in [-0.05, 0) is 24.6 Å². The number of aromatic nitrogens is 4. The Labute approximate surface area is 150 Å². The Morgan fingerprint density at radius 3 is 2.96 bits per heavy atom. The predicted octanol–water partition coefficient (Wildman–Crippen LogP) is 2.55. The number of benzene rings is 1. The lowest BCUT2D eigenvalue weighted by molar-refractivity contribution is 0.148. The fourth-order valence-electron chi connectivity index (χ4n) is 3.83. The van der Waals surface area contributed by atoms with E-state index in [9.17, 15) is 5.11 Å². The number of pyridine rings is 1. The van der Waals surface area contributed by atoms with Crippen LogP contribution in [0.4, 0.5) is 5.82 Å². The molecule has 0 aliphatic carbocycles. The van der Waals surface area contributed by atoms with Gasteiger partial charge in [-0.25, -0.2) is 9.97 Å². The number of aliphatic hydroxyl groups excluding tert-OH is 1. The number of rotatable bonds is 3. The van der Waals surface area contributed by atoms with Crippen molar-refractivity contribution in [2.75, 3.05) is 18.0 Å². The van der Waals surface area contributed by atoms with Crippen LogP contribution in [0.15, 0.2) is 55.0 Å². The summed E-state index contributed by atoms with van der Waals surface area (Å²) in [7, 11) is 0. The molecule has 26 heavy (non-hydrogen) atoms. The van der Waals surface area contributed by atoms with Crippen molar-refractivity contribution in [3.8, 4) is 0 Å². The second kappa shape index (κ2) is 6.07. The van der Waals surface area contributed by atoms with Crippen LogP contribution in [0.3, 0.4) is 0 Å². The van der Waals surface area contributed by atoms with Gasteiger partial charge in [0.2, 0.25) is 0 Å². The first-order valence-electron chi connectivity index (χ1n) is 8.84. The van der Waals surface area contributed by atoms with Crippen molar-refractivity contribution in [1.29, 1.82) is 0 Å². The molecule has 1 aromatic carbocycles. The lowest BCUT2D eigenvalue weighted by Gasteiger charge is -2.17. The molecule has 2 atom stereocenters. The van der Waals surface area contributed by atoms with Gasteiger partial charge in [0, 0.05) is 36.3 Å². The number of hydrogen-bond donors (Lipinski definition) is 2. The topological polar surface area (TPSA) is 77.9 Å². The van der Waals surface area contributed by atoms with Gasteiger partial charge in [-0.2, -0.15) is 0 Å². The lowest BCUT2D eigenvalue weighted by atomic mass is 9.99. The van der Waals surface area contributed by atoms with E-state index in [0.717, 1.165) is 46.4 Å². The zero-order valence-corrected chi connectivity index (χ0v) is 14.2. The summed E-state index contributed by atoms with van der Waals surface area (Å²) in [6.45, 7) is 1.34. The van der Waals surface area contributed by atoms with Gasteiger partial charge in [-0.1, -0.05) is 24.3 Å². The number of H-pyrrole nitrogens is 1. The number of anilines is 1. The van der Waals surface area contributed by atoms with Gasteiger partial charge >= 0.3 is 0 Å². The predicted molar refractivity (Wildman–Crippen MR) is 101 cm³/mol. The molecule has 6 nitrogen and oxygen atoms in total. The second-order valence-electron chi connectivity index (χ2n) is 6.87. The largest absolute Gasteiger partial charge is 0.391 e. The van der Waals surface area contributed by atoms with Crippen LogP contribution in [-0.2, 0) is 6.42 Å². The molecule has 3 aromatic heterocycles. The number of nitrogens with one attached hydrogen (secondary N) is 1. The first kappa shape index (κ1) is 15.3. The van der Waals surface area contributed by atoms with E-state index in [2.05, 4.69) is 38.1 Å². The summed E-state index contributed by atoms with van der Waals surface area (Å²) in [5, 5.41) is 12.7. The van der Waals surface area contributed by atoms with Crippen LogP contribution in [0.2, 0.25) is 0 Å². The first-order valence-corrected chi connectivity index (χ1v) is 8.84. The molecular formula is C20H19N5O. The Morgan fingerprint density at radius 2 is 2.00 bits per heavy atom. The van der Waals surface area contributed by atoms with Crippen molar-refractivity contribution < 1.29 is 5.11 Å². The zero-order valence-electron chi connectivity index (χ0n) is 14.2. The summed E-state index contributed by atoms with van der Waals surface area (Å²) in [6.07, 6.45) is 3.79. The van der Waals surface area contributed by atoms with Crippen LogP contribution in [0.1, 0.15) is 5.69 Å². The van der Waals surface area contributed by atoms with Crippen LogP contribution in [-0.4, -0.2) is 44.2 Å². The molecule has 1 aliphatic rings. The van der Waals surface area contributed by atoms with E-state index in [4.69, 9.17) is 4.98 Å². The molecule has 0 radical (unpaired) electrons. The van der Waals surface area contributed by atoms with Crippen molar-refractivity contribution in [2.45, 2.75) is 12.5 Å². The lowest BCUT2D eigenvalue weighted by Crippen LogP contribution is -2.22. The van der Waals surface area contributed by atoms with Crippen molar-refractivity contribution in [3.63, 3.8) is 0 Å². The third kappa shape index (κ3) is 2.59. The van der Waals surface area contributed by atoms with Crippen LogP contribution in [0.5, 0.6) is 0 Å². The van der Waals surface area contributed by atoms with Gasteiger partial charge in [-0.15, -0.1) is 0 Å². The number of fused-ring (bicyclic) bond motifs is 2. The van der Waals surface area contributed by atoms with Gasteiger partial charge in [0.05, 0.1) is 17.0 Å². The maximum Gasteiger partial charge on any atom is 0.142 e. The highest BCUT2D eigenvalue weighted by Crippen LogP contribution is 2.29. The first-order chi connectivity index (χ1) is 12.8. The third-order valence-corrected chi connectivity index (χ3v) is 5.17. The minimum atomic E-state index is -0.396. The van der Waals surface area contributed by atoms with E-state index in [-0.39, 0.29) is 5.92 Å². The molecule has 1 fully saturated rings. The minimum absolute atomic E-state index is 0.132. The molecular weight excluding hydrogens is 326 g/mol. The Balaban J connectivity index is 1.39. The van der Waals surface area contributed by atoms with E-state index in [1.54, 1.807) is 6.33 Å². The van der Waals surface area contributed by atoms with E-state index < -0.39 is 6.10 Å². The van der Waals surface area contributed by atoms with E-state index in [1.807, 2.05) is 30.5 Å². The summed E-state index contributed by atoms with van der Waals surface area (Å²) < 4.78 is 0. The SMILES string of the molecule is O[C@@H]1CN(c2ncnc3[nH]ccc23)C[C@H]1Cc1ccc2ccccc2n1. The normalized spacial score (nSPS) is 20.3. The van der Waals surface area contributed by atoms with Crippen LogP contribution in [0, 0.1) is 5.92 Å². The molecule has 0 spiro atoms. The molecule has 130 valence electrons. The fraction of sp³-hybridized carbons (Fsp3) is 0.250. The van der Waals surface area contributed by atoms with Gasteiger partial charge in [0.15, 0.2) is 0 Å². The highest BCUT2D eigenvalue weighted by atomic mass is 16.3. The highest BCUT2D eigenvalue weighted by molar-refractivity contribution is 5.87. The van der Waals surface area contributed by atoms with E-state index >= 15 is 0 Å². The smallest absolute Gasteiger partial charge is 0.142 e. The summed E-state index contributed by atoms with van der Waals surface area (Å²) in [6, 6.07) is 14.3. The molecule has 0 unspecified atom stereocenters. The van der Waals surface area contributed by atoms with Crippen molar-refractivity contribution in [1.82, 2.24) is 19.9 Å². The van der Waals surface area contributed by atoms with Crippen molar-refractivity contribution in [2.24, 2.45) is 5.92 Å². The zero-order chi connectivity index (χ0) is 17.5. The number of aliphatic hydroxyl groups is 1. The summed E-state index contributed by atoms with van der Waals surface area (Å²) >= 11 is 0. The maximum atomic E-state index is 10.6. The average Bonchev–Trinajstić information content (AvgIpc) is 3.28. The Morgan fingerprint density at radius 1 is 1.08 bits per heavy atom. The summed E-state index contributed by atoms with van der Waals surface area (Å²) in [5.41, 5.74) is 2.84. The van der Waals surface area contributed by atoms with Crippen LogP contribution >= 0.6 is 0 Å². The van der Waals surface area contributed by atoms with Crippen molar-refractivity contribution >= 4 is 27.8 Å². The molecule has 1 saturated heterocycles. The minimum Gasteiger partial charge on any atom is -0.391 e. The molecule has 5 rings (SSSR count). The maximum absolute atomic E-state index is 10.6. The van der Waals surface area contributed by atoms with Crippen LogP contribution < -0.4 is 4.90 Å². The highest BCUT2D eigenvalue weighted by Gasteiger charge is 2.33. The average molecular weight is 345 g/mol. The molecule has 4 heterocycles. The Hall–Kier alpha value is -2.99. The van der Waals surface area contributed by atoms with E-state index in [0.29, 0.717) is 6.54 Å². The van der Waals surface area contributed by atoms with Crippen LogP contribution in [0.25, 0.3) is 21.9 Å². The van der Waals surface area contributed by atoms with E-state index in [1.165, 1.54) is 0 Å². The van der Waals surface area contributed by atoms with Crippen molar-refractivity contribution in [3.05, 3.63) is 60.7 Å². The molecule has 0 amide bonds. The molecule has 4 aromatic rings. The molecule has 0 bridgehead atoms. The van der Waals surface area contributed by atoms with Gasteiger partial charge in [0.25, 0.3) is 0 Å². The molecule has 0 saturated carbocycles. The number of aromatic amines is 1. The number of β-amino-alcohol motifs (C(OH)–C–C–N with tert-alkyl or cyclic N) is 1. The van der Waals surface area contributed by atoms with Gasteiger partial charge in [-0.3, -0.25) is 4.98 Å². The fourth-order valence-corrected chi connectivity index (χ4v) is 3.83. The molecule has 6 heteroatoms. The monoisotopic (exact) mass is 345 g/mol. The Bertz CT molecular complexity index is 1080.